The average molecular weight is 433 g/mol. The predicted molar refractivity (Wildman–Crippen MR) is 108 cm³/mol. The largest absolute Gasteiger partial charge is 0.342 e. The molecule has 2 aromatic rings. The number of halogens is 3. The number of anilines is 1. The maximum absolute atomic E-state index is 12.2. The van der Waals surface area contributed by atoms with E-state index in [1.54, 1.807) is 35.1 Å². The molecule has 2 heterocycles. The van der Waals surface area contributed by atoms with Gasteiger partial charge in [-0.2, -0.15) is 5.10 Å². The molecule has 7 nitrogen and oxygen atoms in total. The maximum Gasteiger partial charge on any atom is 0.272 e. The molecule has 2 amide bonds. The monoisotopic (exact) mass is 431 g/mol. The van der Waals surface area contributed by atoms with Gasteiger partial charge in [-0.1, -0.05) is 23.2 Å². The summed E-state index contributed by atoms with van der Waals surface area (Å²) in [5.41, 5.74) is 0.677. The fraction of sp³-hybridized carbons (Fsp3) is 0.353. The first-order valence-corrected chi connectivity index (χ1v) is 9.07. The molecule has 3 N–H and O–H groups in total. The SMILES string of the molecule is Cl.O=C(CNC(=O)c1ccn(C2CCCNC2)n1)Nc1cc(Cl)ccc1Cl. The van der Waals surface area contributed by atoms with Crippen molar-refractivity contribution in [3.63, 3.8) is 0 Å². The minimum atomic E-state index is -0.404. The molecule has 146 valence electrons. The zero-order valence-electron chi connectivity index (χ0n) is 14.4. The van der Waals surface area contributed by atoms with Crippen LogP contribution in [-0.2, 0) is 4.79 Å². The number of piperidine rings is 1. The van der Waals surface area contributed by atoms with Crippen molar-refractivity contribution in [3.8, 4) is 0 Å². The molecule has 27 heavy (non-hydrogen) atoms. The van der Waals surface area contributed by atoms with E-state index >= 15 is 0 Å². The third kappa shape index (κ3) is 5.84. The van der Waals surface area contributed by atoms with Gasteiger partial charge in [0, 0.05) is 17.8 Å². The average Bonchev–Trinajstić information content (AvgIpc) is 3.14. The first-order valence-electron chi connectivity index (χ1n) is 8.32. The van der Waals surface area contributed by atoms with Gasteiger partial charge in [0.25, 0.3) is 5.91 Å². The maximum atomic E-state index is 12.2. The van der Waals surface area contributed by atoms with E-state index in [4.69, 9.17) is 23.2 Å². The highest BCUT2D eigenvalue weighted by Crippen LogP contribution is 2.25. The van der Waals surface area contributed by atoms with Crippen LogP contribution in [-0.4, -0.2) is 41.2 Å². The Hall–Kier alpha value is -1.80. The molecule has 1 unspecified atom stereocenters. The minimum absolute atomic E-state index is 0. The van der Waals surface area contributed by atoms with E-state index in [9.17, 15) is 9.59 Å². The molecule has 1 fully saturated rings. The van der Waals surface area contributed by atoms with Gasteiger partial charge >= 0.3 is 0 Å². The van der Waals surface area contributed by atoms with Gasteiger partial charge < -0.3 is 16.0 Å². The zero-order chi connectivity index (χ0) is 18.5. The van der Waals surface area contributed by atoms with Crippen molar-refractivity contribution in [3.05, 3.63) is 46.2 Å². The normalized spacial score (nSPS) is 16.3. The molecule has 1 atom stereocenters. The third-order valence-electron chi connectivity index (χ3n) is 4.10. The molecule has 1 aromatic heterocycles. The molecule has 1 saturated heterocycles. The van der Waals surface area contributed by atoms with Crippen LogP contribution in [0.25, 0.3) is 0 Å². The lowest BCUT2D eigenvalue weighted by atomic mass is 10.1. The number of rotatable bonds is 5. The number of amides is 2. The second kappa shape index (κ2) is 9.94. The van der Waals surface area contributed by atoms with E-state index in [1.165, 1.54) is 0 Å². The van der Waals surface area contributed by atoms with E-state index in [0.29, 0.717) is 15.7 Å². The van der Waals surface area contributed by atoms with E-state index in [0.717, 1.165) is 25.9 Å². The molecule has 3 rings (SSSR count). The summed E-state index contributed by atoms with van der Waals surface area (Å²) in [4.78, 5) is 24.2. The third-order valence-corrected chi connectivity index (χ3v) is 4.66. The fourth-order valence-electron chi connectivity index (χ4n) is 2.76. The van der Waals surface area contributed by atoms with Crippen molar-refractivity contribution >= 4 is 53.1 Å². The van der Waals surface area contributed by atoms with E-state index < -0.39 is 11.8 Å². The van der Waals surface area contributed by atoms with Crippen LogP contribution in [0.2, 0.25) is 10.0 Å². The lowest BCUT2D eigenvalue weighted by Crippen LogP contribution is -2.34. The number of carbonyl (C=O) groups is 2. The number of aromatic nitrogens is 2. The molecule has 0 saturated carbocycles. The zero-order valence-corrected chi connectivity index (χ0v) is 16.7. The van der Waals surface area contributed by atoms with Crippen molar-refractivity contribution in [2.24, 2.45) is 0 Å². The van der Waals surface area contributed by atoms with Crippen LogP contribution in [0.15, 0.2) is 30.5 Å². The van der Waals surface area contributed by atoms with Crippen molar-refractivity contribution in [1.82, 2.24) is 20.4 Å². The highest BCUT2D eigenvalue weighted by molar-refractivity contribution is 6.35. The van der Waals surface area contributed by atoms with Crippen LogP contribution in [0.3, 0.4) is 0 Å². The van der Waals surface area contributed by atoms with Crippen molar-refractivity contribution in [1.29, 1.82) is 0 Å². The molecule has 0 radical (unpaired) electrons. The van der Waals surface area contributed by atoms with Crippen LogP contribution >= 0.6 is 35.6 Å². The van der Waals surface area contributed by atoms with Gasteiger partial charge in [0.2, 0.25) is 5.91 Å². The smallest absolute Gasteiger partial charge is 0.272 e. The Balaban J connectivity index is 0.00000261. The van der Waals surface area contributed by atoms with Crippen molar-refractivity contribution in [2.75, 3.05) is 25.0 Å². The number of hydrogen-bond acceptors (Lipinski definition) is 4. The fourth-order valence-corrected chi connectivity index (χ4v) is 3.10. The lowest BCUT2D eigenvalue weighted by Gasteiger charge is -2.22. The Labute approximate surface area is 173 Å². The molecule has 0 bridgehead atoms. The molecule has 1 aliphatic rings. The number of nitrogens with one attached hydrogen (secondary N) is 3. The van der Waals surface area contributed by atoms with E-state index in [2.05, 4.69) is 21.0 Å². The highest BCUT2D eigenvalue weighted by Gasteiger charge is 2.18. The number of nitrogens with zero attached hydrogens (tertiary/aromatic N) is 2. The summed E-state index contributed by atoms with van der Waals surface area (Å²) in [6.07, 6.45) is 3.90. The summed E-state index contributed by atoms with van der Waals surface area (Å²) in [6.45, 7) is 1.65. The molecule has 0 spiro atoms. The summed E-state index contributed by atoms with van der Waals surface area (Å²) >= 11 is 11.9. The molecule has 1 aliphatic heterocycles. The van der Waals surface area contributed by atoms with Crippen LogP contribution in [0.5, 0.6) is 0 Å². The predicted octanol–water partition coefficient (Wildman–Crippen LogP) is 2.90. The van der Waals surface area contributed by atoms with Gasteiger partial charge in [0.05, 0.1) is 23.3 Å². The molecular weight excluding hydrogens is 413 g/mol. The Bertz CT molecular complexity index is 806. The van der Waals surface area contributed by atoms with Gasteiger partial charge in [-0.05, 0) is 43.7 Å². The van der Waals surface area contributed by atoms with Gasteiger partial charge in [-0.15, -0.1) is 12.4 Å². The lowest BCUT2D eigenvalue weighted by molar-refractivity contribution is -0.115. The molecule has 1 aromatic carbocycles. The second-order valence-corrected chi connectivity index (χ2v) is 6.88. The topological polar surface area (TPSA) is 88.1 Å². The number of benzene rings is 1. The van der Waals surface area contributed by atoms with Crippen LogP contribution in [0, 0.1) is 0 Å². The highest BCUT2D eigenvalue weighted by atomic mass is 35.5. The minimum Gasteiger partial charge on any atom is -0.342 e. The van der Waals surface area contributed by atoms with E-state index in [-0.39, 0.29) is 30.7 Å². The van der Waals surface area contributed by atoms with E-state index in [1.807, 2.05) is 0 Å². The second-order valence-electron chi connectivity index (χ2n) is 6.04. The molecular formula is C17H20Cl3N5O2. The standard InChI is InChI=1S/C17H19Cl2N5O2.ClH/c18-11-3-4-13(19)15(8-11)22-16(25)10-21-17(26)14-5-7-24(23-14)12-2-1-6-20-9-12;/h3-5,7-8,12,20H,1-2,6,9-10H2,(H,21,26)(H,22,25);1H. The first kappa shape index (κ1) is 21.5. The number of carbonyl (C=O) groups excluding carboxylic acids is 2. The molecule has 10 heteroatoms. The van der Waals surface area contributed by atoms with Gasteiger partial charge in [-0.3, -0.25) is 14.3 Å². The summed E-state index contributed by atoms with van der Waals surface area (Å²) in [7, 11) is 0. The summed E-state index contributed by atoms with van der Waals surface area (Å²) < 4.78 is 1.80. The van der Waals surface area contributed by atoms with Crippen LogP contribution < -0.4 is 16.0 Å². The summed E-state index contributed by atoms with van der Waals surface area (Å²) in [6, 6.07) is 6.65. The Morgan fingerprint density at radius 3 is 2.85 bits per heavy atom. The Morgan fingerprint density at radius 1 is 1.30 bits per heavy atom. The van der Waals surface area contributed by atoms with Gasteiger partial charge in [-0.25, -0.2) is 0 Å². The van der Waals surface area contributed by atoms with Crippen LogP contribution in [0.1, 0.15) is 29.4 Å². The Kier molecular flexibility index (Phi) is 7.91. The van der Waals surface area contributed by atoms with Crippen molar-refractivity contribution < 1.29 is 9.59 Å². The van der Waals surface area contributed by atoms with Crippen molar-refractivity contribution in [2.45, 2.75) is 18.9 Å². The van der Waals surface area contributed by atoms with Gasteiger partial charge in [0.1, 0.15) is 5.69 Å². The Morgan fingerprint density at radius 2 is 2.11 bits per heavy atom. The summed E-state index contributed by atoms with van der Waals surface area (Å²) in [5.74, 6) is -0.807. The van der Waals surface area contributed by atoms with Crippen LogP contribution in [0.4, 0.5) is 5.69 Å². The summed E-state index contributed by atoms with van der Waals surface area (Å²) in [5, 5.41) is 13.6. The van der Waals surface area contributed by atoms with Gasteiger partial charge in [0.15, 0.2) is 0 Å². The quantitative estimate of drug-likeness (QED) is 0.678. The molecule has 0 aliphatic carbocycles. The number of hydrogen-bond donors (Lipinski definition) is 3. The first-order chi connectivity index (χ1) is 12.5.